The molecule has 1 aliphatic heterocycles. The van der Waals surface area contributed by atoms with Crippen LogP contribution in [0.25, 0.3) is 0 Å². The van der Waals surface area contributed by atoms with E-state index in [0.717, 1.165) is 13.1 Å². The summed E-state index contributed by atoms with van der Waals surface area (Å²) in [6.07, 6.45) is 4.50. The molecule has 1 aromatic rings. The Morgan fingerprint density at radius 1 is 1.32 bits per heavy atom. The number of hydrogen-bond donors (Lipinski definition) is 1. The zero-order valence-electron chi connectivity index (χ0n) is 10.8. The van der Waals surface area contributed by atoms with E-state index in [2.05, 4.69) is 14.9 Å². The van der Waals surface area contributed by atoms with Gasteiger partial charge < -0.3 is 10.6 Å². The van der Waals surface area contributed by atoms with Gasteiger partial charge in [0.05, 0.1) is 16.6 Å². The Labute approximate surface area is 117 Å². The predicted molar refractivity (Wildman–Crippen MR) is 75.8 cm³/mol. The molecule has 19 heavy (non-hydrogen) atoms. The SMILES string of the molecule is CC(C(N)=S)N1CCN(C(=O)c2cncnc2)CC1. The number of nitrogens with two attached hydrogens (primary N) is 1. The van der Waals surface area contributed by atoms with Crippen LogP contribution in [0.2, 0.25) is 0 Å². The molecule has 0 aromatic carbocycles. The summed E-state index contributed by atoms with van der Waals surface area (Å²) in [6.45, 7) is 4.88. The zero-order valence-corrected chi connectivity index (χ0v) is 11.6. The smallest absolute Gasteiger partial charge is 0.257 e. The Morgan fingerprint density at radius 3 is 2.42 bits per heavy atom. The van der Waals surface area contributed by atoms with Crippen LogP contribution in [0.4, 0.5) is 0 Å². The molecule has 102 valence electrons. The summed E-state index contributed by atoms with van der Waals surface area (Å²) >= 11 is 5.00. The molecule has 0 radical (unpaired) electrons. The van der Waals surface area contributed by atoms with Crippen molar-refractivity contribution >= 4 is 23.1 Å². The molecule has 1 aliphatic rings. The maximum absolute atomic E-state index is 12.2. The van der Waals surface area contributed by atoms with Crippen molar-refractivity contribution in [1.82, 2.24) is 19.8 Å². The van der Waals surface area contributed by atoms with Crippen LogP contribution in [0.3, 0.4) is 0 Å². The highest BCUT2D eigenvalue weighted by Crippen LogP contribution is 2.09. The number of amides is 1. The van der Waals surface area contributed by atoms with Crippen LogP contribution in [0.1, 0.15) is 17.3 Å². The topological polar surface area (TPSA) is 75.3 Å². The zero-order chi connectivity index (χ0) is 13.8. The van der Waals surface area contributed by atoms with Crippen molar-refractivity contribution in [2.75, 3.05) is 26.2 Å². The summed E-state index contributed by atoms with van der Waals surface area (Å²) in [5.41, 5.74) is 6.17. The van der Waals surface area contributed by atoms with E-state index in [-0.39, 0.29) is 11.9 Å². The van der Waals surface area contributed by atoms with Gasteiger partial charge in [-0.05, 0) is 6.92 Å². The summed E-state index contributed by atoms with van der Waals surface area (Å²) < 4.78 is 0. The van der Waals surface area contributed by atoms with Crippen molar-refractivity contribution in [3.8, 4) is 0 Å². The third-order valence-corrected chi connectivity index (χ3v) is 3.71. The maximum Gasteiger partial charge on any atom is 0.257 e. The monoisotopic (exact) mass is 279 g/mol. The number of carbonyl (C=O) groups excluding carboxylic acids is 1. The van der Waals surface area contributed by atoms with Crippen LogP contribution in [0.15, 0.2) is 18.7 Å². The molecular weight excluding hydrogens is 262 g/mol. The Kier molecular flexibility index (Phi) is 4.39. The van der Waals surface area contributed by atoms with Gasteiger partial charge in [0.2, 0.25) is 0 Å². The van der Waals surface area contributed by atoms with E-state index in [9.17, 15) is 4.79 Å². The Balaban J connectivity index is 1.93. The molecule has 0 bridgehead atoms. The molecule has 1 amide bonds. The highest BCUT2D eigenvalue weighted by Gasteiger charge is 2.25. The number of piperazine rings is 1. The molecule has 0 aliphatic carbocycles. The summed E-state index contributed by atoms with van der Waals surface area (Å²) in [6, 6.07) is 0.0762. The second-order valence-corrected chi connectivity index (χ2v) is 5.01. The second-order valence-electron chi connectivity index (χ2n) is 4.53. The van der Waals surface area contributed by atoms with E-state index in [1.807, 2.05) is 11.8 Å². The van der Waals surface area contributed by atoms with Crippen LogP contribution in [-0.2, 0) is 0 Å². The quantitative estimate of drug-likeness (QED) is 0.779. The van der Waals surface area contributed by atoms with Crippen molar-refractivity contribution < 1.29 is 4.79 Å². The standard InChI is InChI=1S/C12H17N5OS/c1-9(11(13)19)16-2-4-17(5-3-16)12(18)10-6-14-8-15-7-10/h6-9H,2-5H2,1H3,(H2,13,19). The van der Waals surface area contributed by atoms with Crippen molar-refractivity contribution in [1.29, 1.82) is 0 Å². The first-order valence-electron chi connectivity index (χ1n) is 6.17. The fraction of sp³-hybridized carbons (Fsp3) is 0.500. The van der Waals surface area contributed by atoms with E-state index >= 15 is 0 Å². The molecule has 0 spiro atoms. The molecule has 1 saturated heterocycles. The highest BCUT2D eigenvalue weighted by molar-refractivity contribution is 7.80. The minimum absolute atomic E-state index is 0.0248. The first kappa shape index (κ1) is 13.8. The van der Waals surface area contributed by atoms with E-state index in [1.165, 1.54) is 6.33 Å². The van der Waals surface area contributed by atoms with Gasteiger partial charge in [-0.15, -0.1) is 0 Å². The Bertz CT molecular complexity index is 458. The van der Waals surface area contributed by atoms with Gasteiger partial charge in [0.25, 0.3) is 5.91 Å². The average Bonchev–Trinajstić information content (AvgIpc) is 2.46. The number of thiocarbonyl (C=S) groups is 1. The molecular formula is C12H17N5OS. The number of hydrogen-bond acceptors (Lipinski definition) is 5. The first-order valence-corrected chi connectivity index (χ1v) is 6.58. The molecule has 0 saturated carbocycles. The van der Waals surface area contributed by atoms with Gasteiger partial charge in [0.15, 0.2) is 0 Å². The Hall–Kier alpha value is -1.60. The van der Waals surface area contributed by atoms with Crippen molar-refractivity contribution in [3.05, 3.63) is 24.3 Å². The fourth-order valence-electron chi connectivity index (χ4n) is 2.08. The van der Waals surface area contributed by atoms with Gasteiger partial charge in [-0.1, -0.05) is 12.2 Å². The third-order valence-electron chi connectivity index (χ3n) is 3.37. The van der Waals surface area contributed by atoms with Gasteiger partial charge in [-0.2, -0.15) is 0 Å². The number of nitrogens with zero attached hydrogens (tertiary/aromatic N) is 4. The van der Waals surface area contributed by atoms with Gasteiger partial charge in [0, 0.05) is 38.6 Å². The van der Waals surface area contributed by atoms with Crippen molar-refractivity contribution in [3.63, 3.8) is 0 Å². The lowest BCUT2D eigenvalue weighted by Gasteiger charge is -2.37. The van der Waals surface area contributed by atoms with E-state index in [1.54, 1.807) is 12.4 Å². The molecule has 1 fully saturated rings. The van der Waals surface area contributed by atoms with E-state index in [4.69, 9.17) is 18.0 Å². The summed E-state index contributed by atoms with van der Waals surface area (Å²) in [5.74, 6) is -0.0248. The average molecular weight is 279 g/mol. The minimum Gasteiger partial charge on any atom is -0.392 e. The fourth-order valence-corrected chi connectivity index (χ4v) is 2.23. The van der Waals surface area contributed by atoms with Crippen molar-refractivity contribution in [2.24, 2.45) is 5.73 Å². The van der Waals surface area contributed by atoms with E-state index < -0.39 is 0 Å². The van der Waals surface area contributed by atoms with Gasteiger partial charge in [-0.25, -0.2) is 9.97 Å². The normalized spacial score (nSPS) is 18.1. The molecule has 6 nitrogen and oxygen atoms in total. The minimum atomic E-state index is -0.0248. The summed E-state index contributed by atoms with van der Waals surface area (Å²) in [5, 5.41) is 0. The molecule has 7 heteroatoms. The highest BCUT2D eigenvalue weighted by atomic mass is 32.1. The lowest BCUT2D eigenvalue weighted by molar-refractivity contribution is 0.0621. The predicted octanol–water partition coefficient (Wildman–Crippen LogP) is -0.0910. The molecule has 1 aromatic heterocycles. The van der Waals surface area contributed by atoms with E-state index in [0.29, 0.717) is 23.6 Å². The molecule has 1 atom stereocenters. The largest absolute Gasteiger partial charge is 0.392 e. The third kappa shape index (κ3) is 3.24. The molecule has 1 unspecified atom stereocenters. The number of aromatic nitrogens is 2. The molecule has 2 N–H and O–H groups in total. The van der Waals surface area contributed by atoms with Crippen LogP contribution < -0.4 is 5.73 Å². The summed E-state index contributed by atoms with van der Waals surface area (Å²) in [4.78, 5) is 24.4. The van der Waals surface area contributed by atoms with Gasteiger partial charge in [0.1, 0.15) is 6.33 Å². The number of carbonyl (C=O) groups is 1. The van der Waals surface area contributed by atoms with Gasteiger partial charge >= 0.3 is 0 Å². The lowest BCUT2D eigenvalue weighted by atomic mass is 10.2. The Morgan fingerprint density at radius 2 is 1.89 bits per heavy atom. The van der Waals surface area contributed by atoms with Crippen molar-refractivity contribution in [2.45, 2.75) is 13.0 Å². The van der Waals surface area contributed by atoms with Crippen LogP contribution in [0.5, 0.6) is 0 Å². The number of rotatable bonds is 3. The van der Waals surface area contributed by atoms with Crippen LogP contribution in [-0.4, -0.2) is 62.9 Å². The molecule has 2 heterocycles. The van der Waals surface area contributed by atoms with Crippen LogP contribution in [0, 0.1) is 0 Å². The lowest BCUT2D eigenvalue weighted by Crippen LogP contribution is -2.53. The first-order chi connectivity index (χ1) is 9.09. The molecule has 2 rings (SSSR count). The second kappa shape index (κ2) is 6.03. The summed E-state index contributed by atoms with van der Waals surface area (Å²) in [7, 11) is 0. The maximum atomic E-state index is 12.2. The van der Waals surface area contributed by atoms with Gasteiger partial charge in [-0.3, -0.25) is 9.69 Å². The van der Waals surface area contributed by atoms with Crippen LogP contribution >= 0.6 is 12.2 Å².